The fourth-order valence-corrected chi connectivity index (χ4v) is 1.01. The van der Waals surface area contributed by atoms with Gasteiger partial charge in [0, 0.05) is 6.04 Å². The Labute approximate surface area is 75.6 Å². The van der Waals surface area contributed by atoms with E-state index < -0.39 is 0 Å². The van der Waals surface area contributed by atoms with E-state index in [1.165, 1.54) is 18.4 Å². The average Bonchev–Trinajstić information content (AvgIpc) is 2.79. The van der Waals surface area contributed by atoms with E-state index in [1.807, 2.05) is 0 Å². The van der Waals surface area contributed by atoms with Crippen LogP contribution in [0.2, 0.25) is 0 Å². The van der Waals surface area contributed by atoms with Crippen LogP contribution in [0.5, 0.6) is 0 Å². The molecule has 12 heavy (non-hydrogen) atoms. The van der Waals surface area contributed by atoms with Gasteiger partial charge in [-0.3, -0.25) is 0 Å². The Morgan fingerprint density at radius 2 is 2.17 bits per heavy atom. The highest BCUT2D eigenvalue weighted by molar-refractivity contribution is 5.08. The number of rotatable bonds is 5. The van der Waals surface area contributed by atoms with Crippen molar-refractivity contribution in [2.75, 3.05) is 6.54 Å². The van der Waals surface area contributed by atoms with Crippen molar-refractivity contribution in [3.8, 4) is 0 Å². The summed E-state index contributed by atoms with van der Waals surface area (Å²) in [5.41, 5.74) is 1.36. The molecule has 0 aromatic rings. The van der Waals surface area contributed by atoms with Gasteiger partial charge >= 0.3 is 0 Å². The minimum atomic E-state index is 0.849. The van der Waals surface area contributed by atoms with Crippen LogP contribution in [0, 0.1) is 0 Å². The minimum Gasteiger partial charge on any atom is -0.314 e. The van der Waals surface area contributed by atoms with E-state index in [4.69, 9.17) is 0 Å². The Kier molecular flexibility index (Phi) is 4.09. The lowest BCUT2D eigenvalue weighted by Gasteiger charge is -1.96. The molecule has 0 bridgehead atoms. The summed E-state index contributed by atoms with van der Waals surface area (Å²) in [5.74, 6) is 0. The van der Waals surface area contributed by atoms with Crippen molar-refractivity contribution in [3.63, 3.8) is 0 Å². The Morgan fingerprint density at radius 1 is 1.42 bits per heavy atom. The summed E-state index contributed by atoms with van der Waals surface area (Å²) >= 11 is 0. The van der Waals surface area contributed by atoms with Crippen molar-refractivity contribution >= 4 is 0 Å². The molecule has 0 heterocycles. The third-order valence-electron chi connectivity index (χ3n) is 1.89. The van der Waals surface area contributed by atoms with Gasteiger partial charge in [0.15, 0.2) is 0 Å². The number of hydrogen-bond acceptors (Lipinski definition) is 1. The zero-order valence-electron chi connectivity index (χ0n) is 8.14. The van der Waals surface area contributed by atoms with Gasteiger partial charge in [0.25, 0.3) is 0 Å². The summed E-state index contributed by atoms with van der Waals surface area (Å²) in [7, 11) is 0. The standard InChI is InChI=1S/C11H19N/c1-10(2)6-4-3-5-9-12-11-7-8-11/h3-4,6,11-12H,5,7-9H2,1-2H3. The van der Waals surface area contributed by atoms with Gasteiger partial charge in [0.2, 0.25) is 0 Å². The fourth-order valence-electron chi connectivity index (χ4n) is 1.01. The summed E-state index contributed by atoms with van der Waals surface area (Å²) in [4.78, 5) is 0. The minimum absolute atomic E-state index is 0.849. The fraction of sp³-hybridized carbons (Fsp3) is 0.636. The van der Waals surface area contributed by atoms with Crippen molar-refractivity contribution in [2.24, 2.45) is 0 Å². The third kappa shape index (κ3) is 5.14. The maximum atomic E-state index is 3.47. The molecule has 1 fully saturated rings. The molecule has 0 radical (unpaired) electrons. The first-order valence-corrected chi connectivity index (χ1v) is 4.82. The monoisotopic (exact) mass is 165 g/mol. The second kappa shape index (κ2) is 5.15. The topological polar surface area (TPSA) is 12.0 Å². The summed E-state index contributed by atoms with van der Waals surface area (Å²) in [6.45, 7) is 5.37. The number of allylic oxidation sites excluding steroid dienone is 3. The first-order chi connectivity index (χ1) is 5.79. The molecule has 0 atom stereocenters. The van der Waals surface area contributed by atoms with Gasteiger partial charge in [-0.05, 0) is 39.7 Å². The lowest BCUT2D eigenvalue weighted by molar-refractivity contribution is 0.690. The Bertz CT molecular complexity index is 171. The van der Waals surface area contributed by atoms with E-state index in [0.717, 1.165) is 19.0 Å². The number of hydrogen-bond donors (Lipinski definition) is 1. The van der Waals surface area contributed by atoms with E-state index in [-0.39, 0.29) is 0 Å². The van der Waals surface area contributed by atoms with Crippen molar-refractivity contribution in [1.82, 2.24) is 5.32 Å². The molecular formula is C11H19N. The van der Waals surface area contributed by atoms with Crippen LogP contribution < -0.4 is 5.32 Å². The SMILES string of the molecule is CC(C)=CC=CCCNC1CC1. The van der Waals surface area contributed by atoms with Crippen LogP contribution >= 0.6 is 0 Å². The van der Waals surface area contributed by atoms with E-state index in [2.05, 4.69) is 37.4 Å². The molecule has 0 aliphatic heterocycles. The van der Waals surface area contributed by atoms with Crippen LogP contribution in [-0.2, 0) is 0 Å². The molecule has 1 nitrogen and oxygen atoms in total. The average molecular weight is 165 g/mol. The lowest BCUT2D eigenvalue weighted by Crippen LogP contribution is -2.16. The molecule has 1 aliphatic rings. The molecule has 1 heteroatoms. The normalized spacial score (nSPS) is 16.8. The van der Waals surface area contributed by atoms with Crippen molar-refractivity contribution in [3.05, 3.63) is 23.8 Å². The Morgan fingerprint density at radius 3 is 2.75 bits per heavy atom. The van der Waals surface area contributed by atoms with Gasteiger partial charge in [-0.15, -0.1) is 0 Å². The smallest absolute Gasteiger partial charge is 0.00683 e. The molecule has 0 aromatic heterocycles. The van der Waals surface area contributed by atoms with Gasteiger partial charge < -0.3 is 5.32 Å². The molecule has 0 unspecified atom stereocenters. The van der Waals surface area contributed by atoms with Crippen LogP contribution in [0.1, 0.15) is 33.1 Å². The van der Waals surface area contributed by atoms with Gasteiger partial charge in [-0.25, -0.2) is 0 Å². The zero-order valence-corrected chi connectivity index (χ0v) is 8.14. The second-order valence-corrected chi connectivity index (χ2v) is 3.69. The van der Waals surface area contributed by atoms with E-state index in [0.29, 0.717) is 0 Å². The van der Waals surface area contributed by atoms with Crippen LogP contribution in [0.15, 0.2) is 23.8 Å². The predicted octanol–water partition coefficient (Wildman–Crippen LogP) is 2.65. The number of nitrogens with one attached hydrogen (secondary N) is 1. The molecule has 0 spiro atoms. The van der Waals surface area contributed by atoms with E-state index in [9.17, 15) is 0 Å². The molecular weight excluding hydrogens is 146 g/mol. The van der Waals surface area contributed by atoms with Crippen LogP contribution in [-0.4, -0.2) is 12.6 Å². The summed E-state index contributed by atoms with van der Waals surface area (Å²) < 4.78 is 0. The zero-order chi connectivity index (χ0) is 8.81. The third-order valence-corrected chi connectivity index (χ3v) is 1.89. The Hall–Kier alpha value is -0.560. The molecule has 1 rings (SSSR count). The van der Waals surface area contributed by atoms with E-state index in [1.54, 1.807) is 0 Å². The maximum absolute atomic E-state index is 3.47. The molecule has 1 aliphatic carbocycles. The Balaban J connectivity index is 1.93. The first-order valence-electron chi connectivity index (χ1n) is 4.82. The van der Waals surface area contributed by atoms with Crippen LogP contribution in [0.25, 0.3) is 0 Å². The molecule has 0 amide bonds. The first kappa shape index (κ1) is 9.53. The quantitative estimate of drug-likeness (QED) is 0.488. The molecule has 0 aromatic carbocycles. The molecule has 68 valence electrons. The van der Waals surface area contributed by atoms with E-state index >= 15 is 0 Å². The lowest BCUT2D eigenvalue weighted by atomic mass is 10.3. The summed E-state index contributed by atoms with van der Waals surface area (Å²) in [6, 6.07) is 0.849. The summed E-state index contributed by atoms with van der Waals surface area (Å²) in [6.07, 6.45) is 10.4. The maximum Gasteiger partial charge on any atom is 0.00683 e. The van der Waals surface area contributed by atoms with Crippen LogP contribution in [0.3, 0.4) is 0 Å². The van der Waals surface area contributed by atoms with Gasteiger partial charge in [0.05, 0.1) is 0 Å². The van der Waals surface area contributed by atoms with Gasteiger partial charge in [-0.2, -0.15) is 0 Å². The van der Waals surface area contributed by atoms with Crippen molar-refractivity contribution in [2.45, 2.75) is 39.2 Å². The largest absolute Gasteiger partial charge is 0.314 e. The predicted molar refractivity (Wildman–Crippen MR) is 54.2 cm³/mol. The highest BCUT2D eigenvalue weighted by Crippen LogP contribution is 2.18. The van der Waals surface area contributed by atoms with Gasteiger partial charge in [-0.1, -0.05) is 23.8 Å². The molecule has 0 saturated heterocycles. The van der Waals surface area contributed by atoms with Crippen LogP contribution in [0.4, 0.5) is 0 Å². The van der Waals surface area contributed by atoms with Crippen molar-refractivity contribution in [1.29, 1.82) is 0 Å². The van der Waals surface area contributed by atoms with Gasteiger partial charge in [0.1, 0.15) is 0 Å². The molecule has 1 saturated carbocycles. The highest BCUT2D eigenvalue weighted by Gasteiger charge is 2.18. The van der Waals surface area contributed by atoms with Crippen molar-refractivity contribution < 1.29 is 0 Å². The highest BCUT2D eigenvalue weighted by atomic mass is 14.9. The summed E-state index contributed by atoms with van der Waals surface area (Å²) in [5, 5.41) is 3.47. The second-order valence-electron chi connectivity index (χ2n) is 3.69. The molecule has 1 N–H and O–H groups in total.